The number of fused-ring (bicyclic) bond motifs is 1. The molecule has 2 aromatic heterocycles. The van der Waals surface area contributed by atoms with Gasteiger partial charge in [-0.2, -0.15) is 4.98 Å². The van der Waals surface area contributed by atoms with Crippen LogP contribution in [0.25, 0.3) is 11.2 Å². The van der Waals surface area contributed by atoms with E-state index in [1.807, 2.05) is 0 Å². The highest BCUT2D eigenvalue weighted by Gasteiger charge is 2.39. The fourth-order valence-electron chi connectivity index (χ4n) is 2.16. The molecule has 3 heterocycles. The molecule has 0 unspecified atom stereocenters. The number of aliphatic hydroxyl groups excluding tert-OH is 3. The largest absolute Gasteiger partial charge is 0.388 e. The molecule has 0 aliphatic carbocycles. The van der Waals surface area contributed by atoms with Gasteiger partial charge >= 0.3 is 0 Å². The predicted molar refractivity (Wildman–Crippen MR) is 65.6 cm³/mol. The van der Waals surface area contributed by atoms with Gasteiger partial charge in [0.05, 0.1) is 12.9 Å². The van der Waals surface area contributed by atoms with Gasteiger partial charge in [-0.1, -0.05) is 0 Å². The van der Waals surface area contributed by atoms with Gasteiger partial charge in [0, 0.05) is 0 Å². The van der Waals surface area contributed by atoms with Gasteiger partial charge in [-0.15, -0.1) is 0 Å². The maximum Gasteiger partial charge on any atom is 0.280 e. The van der Waals surface area contributed by atoms with Crippen molar-refractivity contribution < 1.29 is 20.1 Å². The first-order valence-electron chi connectivity index (χ1n) is 5.87. The molecule has 0 aromatic carbocycles. The van der Waals surface area contributed by atoms with E-state index >= 15 is 0 Å². The number of nitrogens with one attached hydrogen (secondary N) is 1. The second-order valence-electron chi connectivity index (χ2n) is 4.55. The summed E-state index contributed by atoms with van der Waals surface area (Å²) in [5.41, 5.74) is 5.11. The number of nitrogens with two attached hydrogens (primary N) is 1. The summed E-state index contributed by atoms with van der Waals surface area (Å²) in [5, 5.41) is 29.0. The van der Waals surface area contributed by atoms with Gasteiger partial charge < -0.3 is 25.8 Å². The molecule has 0 bridgehead atoms. The summed E-state index contributed by atoms with van der Waals surface area (Å²) in [6.07, 6.45) is -3.71. The molecule has 0 saturated carbocycles. The number of imidazole rings is 1. The SMILES string of the molecule is Nc1nc2c(ncn2[C@@H]2OC[C@H](O)[C@H](O)[C@H]2O)c(=O)[nH]1. The van der Waals surface area contributed by atoms with E-state index in [9.17, 15) is 20.1 Å². The third-order valence-corrected chi connectivity index (χ3v) is 3.20. The lowest BCUT2D eigenvalue weighted by Crippen LogP contribution is -2.50. The molecule has 0 amide bonds. The molecule has 1 saturated heterocycles. The third kappa shape index (κ3) is 1.86. The van der Waals surface area contributed by atoms with E-state index in [-0.39, 0.29) is 23.7 Å². The van der Waals surface area contributed by atoms with Gasteiger partial charge in [0.2, 0.25) is 5.95 Å². The smallest absolute Gasteiger partial charge is 0.280 e. The molecule has 1 aliphatic heterocycles. The minimum absolute atomic E-state index is 0.0376. The number of hydrogen-bond acceptors (Lipinski definition) is 8. The summed E-state index contributed by atoms with van der Waals surface area (Å²) in [4.78, 5) is 21.8. The first kappa shape index (κ1) is 13.0. The second kappa shape index (κ2) is 4.52. The number of nitrogen functional groups attached to an aromatic ring is 1. The predicted octanol–water partition coefficient (Wildman–Crippen LogP) is -2.69. The zero-order chi connectivity index (χ0) is 14.4. The van der Waals surface area contributed by atoms with Gasteiger partial charge in [-0.3, -0.25) is 14.3 Å². The molecule has 0 spiro atoms. The summed E-state index contributed by atoms with van der Waals surface area (Å²) in [5.74, 6) is -0.102. The van der Waals surface area contributed by atoms with Crippen LogP contribution in [0.4, 0.5) is 5.95 Å². The highest BCUT2D eigenvalue weighted by molar-refractivity contribution is 5.70. The number of nitrogens with zero attached hydrogens (tertiary/aromatic N) is 3. The molecule has 2 aromatic rings. The van der Waals surface area contributed by atoms with Gasteiger partial charge in [0.15, 0.2) is 17.4 Å². The normalized spacial score (nSPS) is 30.8. The lowest BCUT2D eigenvalue weighted by molar-refractivity contribution is -0.210. The Labute approximate surface area is 111 Å². The van der Waals surface area contributed by atoms with Gasteiger partial charge in [-0.05, 0) is 0 Å². The standard InChI is InChI=1S/C10H13N5O5/c11-10-13-7-4(8(19)14-10)12-2-15(7)9-6(18)5(17)3(16)1-20-9/h2-3,5-6,9,16-18H,1H2,(H3,11,13,14,19)/t3-,5-,6+,9+/m0/s1. The van der Waals surface area contributed by atoms with Crippen molar-refractivity contribution in [2.24, 2.45) is 0 Å². The zero-order valence-electron chi connectivity index (χ0n) is 10.2. The number of anilines is 1. The fourth-order valence-corrected chi connectivity index (χ4v) is 2.16. The molecular formula is C10H13N5O5. The third-order valence-electron chi connectivity index (χ3n) is 3.20. The van der Waals surface area contributed by atoms with Crippen molar-refractivity contribution in [1.29, 1.82) is 0 Å². The monoisotopic (exact) mass is 283 g/mol. The van der Waals surface area contributed by atoms with Crippen molar-refractivity contribution in [1.82, 2.24) is 19.5 Å². The Morgan fingerprint density at radius 1 is 1.40 bits per heavy atom. The van der Waals surface area contributed by atoms with E-state index in [0.29, 0.717) is 0 Å². The summed E-state index contributed by atoms with van der Waals surface area (Å²) >= 11 is 0. The van der Waals surface area contributed by atoms with Crippen LogP contribution in [-0.4, -0.2) is 59.8 Å². The number of aliphatic hydroxyl groups is 3. The quantitative estimate of drug-likeness (QED) is 0.378. The number of ether oxygens (including phenoxy) is 1. The number of aromatic amines is 1. The fraction of sp³-hybridized carbons (Fsp3) is 0.500. The van der Waals surface area contributed by atoms with Crippen LogP contribution in [0.2, 0.25) is 0 Å². The Balaban J connectivity index is 2.09. The molecular weight excluding hydrogens is 270 g/mol. The molecule has 108 valence electrons. The van der Waals surface area contributed by atoms with Crippen molar-refractivity contribution in [3.63, 3.8) is 0 Å². The van der Waals surface area contributed by atoms with Gasteiger partial charge in [-0.25, -0.2) is 4.98 Å². The van der Waals surface area contributed by atoms with E-state index in [1.54, 1.807) is 0 Å². The Bertz CT molecular complexity index is 697. The Kier molecular flexibility index (Phi) is 2.94. The first-order chi connectivity index (χ1) is 9.49. The van der Waals surface area contributed by atoms with E-state index in [0.717, 1.165) is 0 Å². The minimum Gasteiger partial charge on any atom is -0.388 e. The Hall–Kier alpha value is -2.01. The van der Waals surface area contributed by atoms with Crippen LogP contribution in [0.15, 0.2) is 11.1 Å². The topological polar surface area (TPSA) is 160 Å². The van der Waals surface area contributed by atoms with Crippen LogP contribution in [-0.2, 0) is 4.74 Å². The number of aromatic nitrogens is 4. The van der Waals surface area contributed by atoms with E-state index < -0.39 is 30.1 Å². The first-order valence-corrected chi connectivity index (χ1v) is 5.87. The molecule has 1 fully saturated rings. The van der Waals surface area contributed by atoms with E-state index in [1.165, 1.54) is 10.9 Å². The molecule has 1 aliphatic rings. The second-order valence-corrected chi connectivity index (χ2v) is 4.55. The number of rotatable bonds is 1. The van der Waals surface area contributed by atoms with Crippen LogP contribution in [0, 0.1) is 0 Å². The van der Waals surface area contributed by atoms with E-state index in [2.05, 4.69) is 15.0 Å². The summed E-state index contributed by atoms with van der Waals surface area (Å²) in [7, 11) is 0. The average molecular weight is 283 g/mol. The van der Waals surface area contributed by atoms with Crippen molar-refractivity contribution in [2.45, 2.75) is 24.5 Å². The molecule has 0 radical (unpaired) electrons. The van der Waals surface area contributed by atoms with Gasteiger partial charge in [0.25, 0.3) is 5.56 Å². The molecule has 4 atom stereocenters. The molecule has 10 heteroatoms. The molecule has 6 N–H and O–H groups in total. The Morgan fingerprint density at radius 2 is 2.15 bits per heavy atom. The summed E-state index contributed by atoms with van der Waals surface area (Å²) in [6.45, 7) is -0.165. The van der Waals surface area contributed by atoms with Crippen LogP contribution in [0.5, 0.6) is 0 Å². The van der Waals surface area contributed by atoms with Crippen molar-refractivity contribution >= 4 is 17.1 Å². The molecule has 3 rings (SSSR count). The minimum atomic E-state index is -1.39. The lowest BCUT2D eigenvalue weighted by Gasteiger charge is -2.35. The van der Waals surface area contributed by atoms with Crippen LogP contribution >= 0.6 is 0 Å². The number of hydrogen-bond donors (Lipinski definition) is 5. The lowest BCUT2D eigenvalue weighted by atomic mass is 10.0. The maximum absolute atomic E-state index is 11.6. The highest BCUT2D eigenvalue weighted by Crippen LogP contribution is 2.26. The van der Waals surface area contributed by atoms with Crippen molar-refractivity contribution in [2.75, 3.05) is 12.3 Å². The zero-order valence-corrected chi connectivity index (χ0v) is 10.2. The van der Waals surface area contributed by atoms with Gasteiger partial charge in [0.1, 0.15) is 18.3 Å². The van der Waals surface area contributed by atoms with Crippen LogP contribution < -0.4 is 11.3 Å². The molecule has 20 heavy (non-hydrogen) atoms. The van der Waals surface area contributed by atoms with Crippen molar-refractivity contribution in [3.05, 3.63) is 16.7 Å². The highest BCUT2D eigenvalue weighted by atomic mass is 16.5. The molecule has 10 nitrogen and oxygen atoms in total. The van der Waals surface area contributed by atoms with E-state index in [4.69, 9.17) is 10.5 Å². The summed E-state index contributed by atoms with van der Waals surface area (Å²) < 4.78 is 6.57. The number of H-pyrrole nitrogens is 1. The van der Waals surface area contributed by atoms with Crippen LogP contribution in [0.3, 0.4) is 0 Å². The average Bonchev–Trinajstić information content (AvgIpc) is 2.80. The van der Waals surface area contributed by atoms with Crippen molar-refractivity contribution in [3.8, 4) is 0 Å². The Morgan fingerprint density at radius 3 is 2.90 bits per heavy atom. The maximum atomic E-state index is 11.6. The van der Waals surface area contributed by atoms with Crippen LogP contribution in [0.1, 0.15) is 6.23 Å². The summed E-state index contributed by atoms with van der Waals surface area (Å²) in [6, 6.07) is 0.